The van der Waals surface area contributed by atoms with Crippen LogP contribution in [0.3, 0.4) is 0 Å². The summed E-state index contributed by atoms with van der Waals surface area (Å²) in [5, 5.41) is 7.49. The van der Waals surface area contributed by atoms with Crippen LogP contribution in [0, 0.1) is 6.92 Å². The highest BCUT2D eigenvalue weighted by Crippen LogP contribution is 2.06. The number of carbonyl (C=O) groups excluding carboxylic acids is 1. The molecule has 0 aliphatic rings. The third-order valence-corrected chi connectivity index (χ3v) is 2.20. The number of esters is 1. The van der Waals surface area contributed by atoms with Crippen LogP contribution in [-0.4, -0.2) is 48.0 Å². The van der Waals surface area contributed by atoms with Crippen LogP contribution in [0.5, 0.6) is 0 Å². The number of aryl methyl sites for hydroxylation is 1. The summed E-state index contributed by atoms with van der Waals surface area (Å²) >= 11 is 0. The van der Waals surface area contributed by atoms with Gasteiger partial charge in [0.05, 0.1) is 19.0 Å². The summed E-state index contributed by atoms with van der Waals surface area (Å²) in [5.74, 6) is -0.536. The summed E-state index contributed by atoms with van der Waals surface area (Å²) < 4.78 is 23.2. The molecule has 7 heteroatoms. The molecule has 0 N–H and O–H groups in total. The van der Waals surface area contributed by atoms with Gasteiger partial charge in [0.15, 0.2) is 5.69 Å². The van der Waals surface area contributed by atoms with Crippen molar-refractivity contribution in [2.45, 2.75) is 19.9 Å². The molecule has 0 amide bonds. The van der Waals surface area contributed by atoms with Crippen molar-refractivity contribution in [3.05, 3.63) is 11.4 Å². The van der Waals surface area contributed by atoms with E-state index in [1.807, 2.05) is 0 Å². The van der Waals surface area contributed by atoms with Crippen molar-refractivity contribution in [2.75, 3.05) is 27.0 Å². The maximum absolute atomic E-state index is 12.0. The fourth-order valence-electron chi connectivity index (χ4n) is 1.26. The Morgan fingerprint density at radius 1 is 1.47 bits per heavy atom. The Kier molecular flexibility index (Phi) is 5.55. The van der Waals surface area contributed by atoms with E-state index in [1.54, 1.807) is 6.92 Å². The summed E-state index contributed by atoms with van der Waals surface area (Å²) in [4.78, 5) is 11.6. The van der Waals surface area contributed by atoms with Crippen LogP contribution < -0.4 is 0 Å². The lowest BCUT2D eigenvalue weighted by molar-refractivity contribution is 0.0380. The van der Waals surface area contributed by atoms with Gasteiger partial charge in [-0.25, -0.2) is 9.48 Å². The Balaban J connectivity index is 2.58. The Morgan fingerprint density at radius 2 is 2.24 bits per heavy atom. The number of hydrogen-bond donors (Lipinski definition) is 0. The molecule has 0 aliphatic heterocycles. The molecule has 0 aromatic carbocycles. The molecular weight excluding hydrogens is 229 g/mol. The summed E-state index contributed by atoms with van der Waals surface area (Å²) in [6, 6.07) is 0. The Labute approximate surface area is 98.7 Å². The molecule has 0 radical (unpaired) electrons. The molecule has 1 aromatic heterocycles. The van der Waals surface area contributed by atoms with Gasteiger partial charge < -0.3 is 9.47 Å². The van der Waals surface area contributed by atoms with Crippen LogP contribution in [0.4, 0.5) is 4.39 Å². The zero-order valence-corrected chi connectivity index (χ0v) is 9.98. The van der Waals surface area contributed by atoms with Crippen LogP contribution >= 0.6 is 0 Å². The van der Waals surface area contributed by atoms with Gasteiger partial charge in [0, 0.05) is 13.7 Å². The van der Waals surface area contributed by atoms with E-state index < -0.39 is 12.6 Å². The molecule has 0 bridgehead atoms. The van der Waals surface area contributed by atoms with Gasteiger partial charge >= 0.3 is 5.97 Å². The smallest absolute Gasteiger partial charge is 0.360 e. The van der Waals surface area contributed by atoms with E-state index in [0.29, 0.717) is 25.3 Å². The lowest BCUT2D eigenvalue weighted by Gasteiger charge is -2.03. The largest absolute Gasteiger partial charge is 0.458 e. The molecule has 0 saturated heterocycles. The highest BCUT2D eigenvalue weighted by molar-refractivity contribution is 5.88. The van der Waals surface area contributed by atoms with Gasteiger partial charge in [-0.05, 0) is 13.3 Å². The van der Waals surface area contributed by atoms with Gasteiger partial charge in [-0.3, -0.25) is 4.39 Å². The Bertz CT molecular complexity index is 368. The predicted molar refractivity (Wildman–Crippen MR) is 57.5 cm³/mol. The minimum atomic E-state index is -0.536. The predicted octanol–water partition coefficient (Wildman–Crippen LogP) is 0.749. The van der Waals surface area contributed by atoms with Crippen LogP contribution in [0.2, 0.25) is 0 Å². The first-order valence-corrected chi connectivity index (χ1v) is 5.32. The van der Waals surface area contributed by atoms with E-state index in [0.717, 1.165) is 0 Å². The number of aromatic nitrogens is 3. The maximum atomic E-state index is 12.0. The molecule has 0 atom stereocenters. The van der Waals surface area contributed by atoms with Crippen LogP contribution in [0.15, 0.2) is 0 Å². The molecular formula is C10H16FN3O3. The van der Waals surface area contributed by atoms with Crippen LogP contribution in [0.1, 0.15) is 22.6 Å². The van der Waals surface area contributed by atoms with Gasteiger partial charge in [0.1, 0.15) is 6.61 Å². The van der Waals surface area contributed by atoms with Crippen molar-refractivity contribution in [2.24, 2.45) is 0 Å². The van der Waals surface area contributed by atoms with Gasteiger partial charge in [0.2, 0.25) is 0 Å². The van der Waals surface area contributed by atoms with Crippen molar-refractivity contribution in [3.63, 3.8) is 0 Å². The lowest BCUT2D eigenvalue weighted by atomic mass is 10.3. The number of alkyl halides is 1. The molecule has 1 aromatic rings. The number of ether oxygens (including phenoxy) is 2. The Hall–Kier alpha value is -1.50. The third kappa shape index (κ3) is 3.77. The first-order chi connectivity index (χ1) is 8.20. The molecule has 6 nitrogen and oxygen atoms in total. The second kappa shape index (κ2) is 6.95. The highest BCUT2D eigenvalue weighted by Gasteiger charge is 2.17. The van der Waals surface area contributed by atoms with Gasteiger partial charge in [-0.1, -0.05) is 5.21 Å². The summed E-state index contributed by atoms with van der Waals surface area (Å²) in [7, 11) is 1.52. The highest BCUT2D eigenvalue weighted by atomic mass is 19.1. The topological polar surface area (TPSA) is 66.2 Å². The fourth-order valence-corrected chi connectivity index (χ4v) is 1.26. The molecule has 96 valence electrons. The average molecular weight is 245 g/mol. The number of halogens is 1. The number of rotatable bonds is 7. The second-order valence-electron chi connectivity index (χ2n) is 3.42. The molecule has 1 heterocycles. The van der Waals surface area contributed by atoms with E-state index in [1.165, 1.54) is 11.8 Å². The van der Waals surface area contributed by atoms with Crippen molar-refractivity contribution in [1.82, 2.24) is 15.0 Å². The van der Waals surface area contributed by atoms with Gasteiger partial charge in [-0.2, -0.15) is 0 Å². The van der Waals surface area contributed by atoms with E-state index >= 15 is 0 Å². The fraction of sp³-hybridized carbons (Fsp3) is 0.700. The zero-order chi connectivity index (χ0) is 12.7. The van der Waals surface area contributed by atoms with Crippen molar-refractivity contribution < 1.29 is 18.7 Å². The standard InChI is InChI=1S/C10H16FN3O3/c1-8-9(10(15)17-7-6-16-2)12-13-14(8)5-3-4-11/h3-7H2,1-2H3. The Morgan fingerprint density at radius 3 is 2.88 bits per heavy atom. The third-order valence-electron chi connectivity index (χ3n) is 2.20. The molecule has 0 spiro atoms. The van der Waals surface area contributed by atoms with Crippen LogP contribution in [0.25, 0.3) is 0 Å². The van der Waals surface area contributed by atoms with Crippen molar-refractivity contribution >= 4 is 5.97 Å². The maximum Gasteiger partial charge on any atom is 0.360 e. The molecule has 0 unspecified atom stereocenters. The summed E-state index contributed by atoms with van der Waals surface area (Å²) in [5.41, 5.74) is 0.751. The molecule has 17 heavy (non-hydrogen) atoms. The summed E-state index contributed by atoms with van der Waals surface area (Å²) in [6.07, 6.45) is 0.350. The number of hydrogen-bond acceptors (Lipinski definition) is 5. The van der Waals surface area contributed by atoms with Gasteiger partial charge in [0.25, 0.3) is 0 Å². The molecule has 0 saturated carbocycles. The van der Waals surface area contributed by atoms with E-state index in [-0.39, 0.29) is 12.3 Å². The van der Waals surface area contributed by atoms with Crippen molar-refractivity contribution in [1.29, 1.82) is 0 Å². The monoisotopic (exact) mass is 245 g/mol. The molecule has 0 fully saturated rings. The number of methoxy groups -OCH3 is 1. The lowest BCUT2D eigenvalue weighted by Crippen LogP contribution is -2.12. The SMILES string of the molecule is COCCOC(=O)c1nnn(CCCF)c1C. The van der Waals surface area contributed by atoms with E-state index in [9.17, 15) is 9.18 Å². The average Bonchev–Trinajstić information content (AvgIpc) is 2.68. The number of nitrogens with zero attached hydrogens (tertiary/aromatic N) is 3. The molecule has 1 rings (SSSR count). The quantitative estimate of drug-likeness (QED) is 0.524. The normalized spacial score (nSPS) is 10.5. The van der Waals surface area contributed by atoms with Crippen LogP contribution in [-0.2, 0) is 16.0 Å². The first kappa shape index (κ1) is 13.6. The minimum absolute atomic E-state index is 0.167. The van der Waals surface area contributed by atoms with E-state index in [4.69, 9.17) is 9.47 Å². The molecule has 0 aliphatic carbocycles. The minimum Gasteiger partial charge on any atom is -0.458 e. The summed E-state index contributed by atoms with van der Waals surface area (Å²) in [6.45, 7) is 2.19. The number of carbonyl (C=O) groups is 1. The van der Waals surface area contributed by atoms with Gasteiger partial charge in [-0.15, -0.1) is 5.10 Å². The second-order valence-corrected chi connectivity index (χ2v) is 3.42. The zero-order valence-electron chi connectivity index (χ0n) is 9.98. The first-order valence-electron chi connectivity index (χ1n) is 5.32. The van der Waals surface area contributed by atoms with E-state index in [2.05, 4.69) is 10.3 Å². The van der Waals surface area contributed by atoms with Crippen molar-refractivity contribution in [3.8, 4) is 0 Å².